The summed E-state index contributed by atoms with van der Waals surface area (Å²) in [6.45, 7) is 5.90. The molecule has 0 bridgehead atoms. The molecule has 0 radical (unpaired) electrons. The van der Waals surface area contributed by atoms with Gasteiger partial charge >= 0.3 is 5.92 Å². The summed E-state index contributed by atoms with van der Waals surface area (Å²) in [5, 5.41) is 8.50. The van der Waals surface area contributed by atoms with Crippen LogP contribution in [0.1, 0.15) is 56.7 Å². The Morgan fingerprint density at radius 3 is 2.81 bits per heavy atom. The van der Waals surface area contributed by atoms with Crippen molar-refractivity contribution in [1.29, 1.82) is 0 Å². The second-order valence-electron chi connectivity index (χ2n) is 8.85. The van der Waals surface area contributed by atoms with Gasteiger partial charge in [-0.25, -0.2) is 4.98 Å². The van der Waals surface area contributed by atoms with E-state index < -0.39 is 17.9 Å². The molecule has 2 fully saturated rings. The SMILES string of the molecule is CCCCC/C=C/C(F)(F)C(=O)NC[C@@]12C[C@@H](C(=O)Nc3nc(C)ccc3C)N[C@@H]1C2. The van der Waals surface area contributed by atoms with Gasteiger partial charge in [-0.3, -0.25) is 9.59 Å². The Labute approximate surface area is 182 Å². The maximum Gasteiger partial charge on any atom is 0.343 e. The molecule has 1 aromatic rings. The number of allylic oxidation sites excluding steroid dienone is 1. The molecule has 2 aliphatic rings. The number of carbonyl (C=O) groups is 2. The first-order valence-electron chi connectivity index (χ1n) is 11.0. The van der Waals surface area contributed by atoms with Gasteiger partial charge in [0, 0.05) is 23.7 Å². The average Bonchev–Trinajstić information content (AvgIpc) is 3.28. The van der Waals surface area contributed by atoms with E-state index in [1.807, 2.05) is 32.9 Å². The Bertz CT molecular complexity index is 858. The van der Waals surface area contributed by atoms with E-state index >= 15 is 0 Å². The first kappa shape index (κ1) is 23.3. The molecule has 31 heavy (non-hydrogen) atoms. The van der Waals surface area contributed by atoms with Gasteiger partial charge in [-0.1, -0.05) is 31.9 Å². The van der Waals surface area contributed by atoms with Gasteiger partial charge in [-0.05, 0) is 57.2 Å². The summed E-state index contributed by atoms with van der Waals surface area (Å²) in [5.41, 5.74) is 1.34. The molecule has 1 aliphatic carbocycles. The Morgan fingerprint density at radius 1 is 1.29 bits per heavy atom. The number of nitrogens with one attached hydrogen (secondary N) is 3. The normalized spacial score (nSPS) is 24.8. The van der Waals surface area contributed by atoms with Crippen molar-refractivity contribution < 1.29 is 18.4 Å². The number of aromatic nitrogens is 1. The van der Waals surface area contributed by atoms with E-state index in [2.05, 4.69) is 20.9 Å². The van der Waals surface area contributed by atoms with Crippen molar-refractivity contribution in [3.8, 4) is 0 Å². The summed E-state index contributed by atoms with van der Waals surface area (Å²) in [7, 11) is 0. The molecule has 6 nitrogen and oxygen atoms in total. The van der Waals surface area contributed by atoms with E-state index in [4.69, 9.17) is 0 Å². The number of aryl methyl sites for hydroxylation is 2. The minimum atomic E-state index is -3.52. The predicted octanol–water partition coefficient (Wildman–Crippen LogP) is 3.65. The lowest BCUT2D eigenvalue weighted by molar-refractivity contribution is -0.139. The van der Waals surface area contributed by atoms with Crippen LogP contribution in [-0.4, -0.2) is 41.3 Å². The average molecular weight is 435 g/mol. The molecule has 1 saturated carbocycles. The van der Waals surface area contributed by atoms with Crippen LogP contribution < -0.4 is 16.0 Å². The molecule has 0 spiro atoms. The maximum absolute atomic E-state index is 14.1. The van der Waals surface area contributed by atoms with Crippen LogP contribution in [0.15, 0.2) is 24.3 Å². The zero-order chi connectivity index (χ0) is 22.6. The van der Waals surface area contributed by atoms with Crippen molar-refractivity contribution >= 4 is 17.6 Å². The molecule has 2 heterocycles. The lowest BCUT2D eigenvalue weighted by atomic mass is 9.99. The zero-order valence-electron chi connectivity index (χ0n) is 18.4. The molecule has 3 rings (SSSR count). The number of hydrogen-bond donors (Lipinski definition) is 3. The third kappa shape index (κ3) is 5.67. The van der Waals surface area contributed by atoms with E-state index in [1.54, 1.807) is 0 Å². The van der Waals surface area contributed by atoms with Gasteiger partial charge in [-0.15, -0.1) is 0 Å². The number of alkyl halides is 2. The number of fused-ring (bicyclic) bond motifs is 1. The molecule has 1 saturated heterocycles. The van der Waals surface area contributed by atoms with Crippen LogP contribution in [0, 0.1) is 19.3 Å². The van der Waals surface area contributed by atoms with E-state index in [0.29, 0.717) is 24.7 Å². The molecule has 170 valence electrons. The topological polar surface area (TPSA) is 83.1 Å². The second kappa shape index (κ2) is 9.42. The zero-order valence-corrected chi connectivity index (χ0v) is 18.4. The molecular formula is C23H32F2N4O2. The van der Waals surface area contributed by atoms with Crippen LogP contribution in [0.5, 0.6) is 0 Å². The van der Waals surface area contributed by atoms with Crippen molar-refractivity contribution in [3.05, 3.63) is 35.5 Å². The van der Waals surface area contributed by atoms with Crippen LogP contribution in [0.25, 0.3) is 0 Å². The minimum Gasteiger partial charge on any atom is -0.350 e. The number of rotatable bonds is 10. The van der Waals surface area contributed by atoms with Crippen LogP contribution in [0.3, 0.4) is 0 Å². The number of amides is 2. The molecule has 3 atom stereocenters. The van der Waals surface area contributed by atoms with Crippen LogP contribution in [0.2, 0.25) is 0 Å². The fraction of sp³-hybridized carbons (Fsp3) is 0.609. The number of anilines is 1. The van der Waals surface area contributed by atoms with E-state index in [1.165, 1.54) is 6.08 Å². The highest BCUT2D eigenvalue weighted by Gasteiger charge is 2.61. The number of nitrogens with zero attached hydrogens (tertiary/aromatic N) is 1. The smallest absolute Gasteiger partial charge is 0.343 e. The number of hydrogen-bond acceptors (Lipinski definition) is 4. The van der Waals surface area contributed by atoms with Gasteiger partial charge in [0.2, 0.25) is 5.91 Å². The molecule has 8 heteroatoms. The summed E-state index contributed by atoms with van der Waals surface area (Å²) in [6.07, 6.45) is 6.70. The molecule has 1 aliphatic heterocycles. The molecule has 0 unspecified atom stereocenters. The fourth-order valence-corrected chi connectivity index (χ4v) is 4.10. The second-order valence-corrected chi connectivity index (χ2v) is 8.85. The third-order valence-electron chi connectivity index (χ3n) is 6.20. The van der Waals surface area contributed by atoms with Gasteiger partial charge in [0.1, 0.15) is 5.82 Å². The van der Waals surface area contributed by atoms with Gasteiger partial charge in [-0.2, -0.15) is 8.78 Å². The Hall–Kier alpha value is -2.35. The summed E-state index contributed by atoms with van der Waals surface area (Å²) in [4.78, 5) is 29.0. The number of halogens is 2. The quantitative estimate of drug-likeness (QED) is 0.388. The maximum atomic E-state index is 14.1. The van der Waals surface area contributed by atoms with Crippen molar-refractivity contribution in [2.75, 3.05) is 11.9 Å². The Kier molecular flexibility index (Phi) is 7.09. The van der Waals surface area contributed by atoms with Crippen LogP contribution in [-0.2, 0) is 9.59 Å². The number of carbonyl (C=O) groups excluding carboxylic acids is 2. The summed E-state index contributed by atoms with van der Waals surface area (Å²) in [6, 6.07) is 3.39. The van der Waals surface area contributed by atoms with Gasteiger partial charge in [0.15, 0.2) is 0 Å². The van der Waals surface area contributed by atoms with E-state index in [-0.39, 0.29) is 23.9 Å². The number of pyridine rings is 1. The van der Waals surface area contributed by atoms with Crippen LogP contribution >= 0.6 is 0 Å². The predicted molar refractivity (Wildman–Crippen MR) is 116 cm³/mol. The van der Waals surface area contributed by atoms with Crippen molar-refractivity contribution in [2.24, 2.45) is 5.41 Å². The fourth-order valence-electron chi connectivity index (χ4n) is 4.10. The lowest BCUT2D eigenvalue weighted by Gasteiger charge is -2.18. The number of unbranched alkanes of at least 4 members (excludes halogenated alkanes) is 3. The van der Waals surface area contributed by atoms with Gasteiger partial charge < -0.3 is 16.0 Å². The standard InChI is InChI=1S/C23H32F2N4O2/c1-4-5-6-7-8-11-23(24,25)21(31)26-14-22-12-17(28-18(22)13-22)20(30)29-19-15(2)9-10-16(3)27-19/h8-11,17-18,28H,4-7,12-14H2,1-3H3,(H,26,31)(H,27,29,30)/b11-8+/t17-,18+,22-/m0/s1. The number of piperidine rings is 1. The van der Waals surface area contributed by atoms with Crippen LogP contribution in [0.4, 0.5) is 14.6 Å². The molecule has 1 aromatic heterocycles. The molecule has 3 N–H and O–H groups in total. The molecule has 2 amide bonds. The monoisotopic (exact) mass is 434 g/mol. The van der Waals surface area contributed by atoms with Crippen molar-refractivity contribution in [2.45, 2.75) is 77.3 Å². The van der Waals surface area contributed by atoms with E-state index in [0.717, 1.165) is 36.9 Å². The summed E-state index contributed by atoms with van der Waals surface area (Å²) in [5.74, 6) is -4.48. The minimum absolute atomic E-state index is 0.0494. The third-order valence-corrected chi connectivity index (χ3v) is 6.20. The van der Waals surface area contributed by atoms with Gasteiger partial charge in [0.05, 0.1) is 6.04 Å². The first-order chi connectivity index (χ1) is 14.7. The Balaban J connectivity index is 1.49. The summed E-state index contributed by atoms with van der Waals surface area (Å²) >= 11 is 0. The van der Waals surface area contributed by atoms with Crippen molar-refractivity contribution in [3.63, 3.8) is 0 Å². The largest absolute Gasteiger partial charge is 0.350 e. The first-order valence-corrected chi connectivity index (χ1v) is 11.0. The molecule has 0 aromatic carbocycles. The highest BCUT2D eigenvalue weighted by molar-refractivity contribution is 5.95. The highest BCUT2D eigenvalue weighted by Crippen LogP contribution is 2.54. The lowest BCUT2D eigenvalue weighted by Crippen LogP contribution is -2.42. The summed E-state index contributed by atoms with van der Waals surface area (Å²) < 4.78 is 28.1. The molecular weight excluding hydrogens is 402 g/mol. The van der Waals surface area contributed by atoms with E-state index in [9.17, 15) is 18.4 Å². The Morgan fingerprint density at radius 2 is 2.06 bits per heavy atom. The van der Waals surface area contributed by atoms with Gasteiger partial charge in [0.25, 0.3) is 5.91 Å². The highest BCUT2D eigenvalue weighted by atomic mass is 19.3. The van der Waals surface area contributed by atoms with Crippen molar-refractivity contribution in [1.82, 2.24) is 15.6 Å².